The molecule has 12 heteroatoms. The fourth-order valence-electron chi connectivity index (χ4n) is 4.56. The normalized spacial score (nSPS) is 21.5. The Bertz CT molecular complexity index is 1460. The number of hydrazine groups is 2. The zero-order chi connectivity index (χ0) is 28.7. The second-order valence-corrected chi connectivity index (χ2v) is 14.7. The molecule has 0 aliphatic carbocycles. The van der Waals surface area contributed by atoms with E-state index in [0.717, 1.165) is 54.5 Å². The summed E-state index contributed by atoms with van der Waals surface area (Å²) in [7, 11) is 1.69. The number of nitrogens with zero attached hydrogens (tertiary/aromatic N) is 4. The quantitative estimate of drug-likeness (QED) is 0.252. The monoisotopic (exact) mass is 698 g/mol. The standard InChI is InChI=1S/C30H31BrN6OS4/c1-38-25-12-10-21(11-13-25)26-18-40-28(33-26)35-37(36-29-34-27(19-41-29)22-8-5-9-23(31)14-22)30-32-24(17-42-30)16-39-15-20-6-3-2-4-7-20/h2-14,24,26-27H,15-19H2,1H3,(H,33,35)(H,34,36). The molecule has 0 saturated heterocycles. The molecule has 42 heavy (non-hydrogen) atoms. The SMILES string of the molecule is COc1ccc(C2CSC(NN(NC3=NC(c4cccc(Br)c4)CS3)C3=NC(CSCc4ccccc4)CS3)=N2)cc1. The van der Waals surface area contributed by atoms with Crippen molar-refractivity contribution in [3.05, 3.63) is 100 Å². The number of thioether (sulfide) groups is 4. The predicted molar refractivity (Wildman–Crippen MR) is 187 cm³/mol. The maximum Gasteiger partial charge on any atom is 0.200 e. The number of methoxy groups -OCH3 is 1. The van der Waals surface area contributed by atoms with Gasteiger partial charge in [-0.25, -0.2) is 0 Å². The van der Waals surface area contributed by atoms with Gasteiger partial charge in [0.05, 0.1) is 25.2 Å². The highest BCUT2D eigenvalue weighted by molar-refractivity contribution is 9.10. The van der Waals surface area contributed by atoms with Crippen LogP contribution in [-0.4, -0.2) is 56.8 Å². The molecule has 3 aliphatic rings. The van der Waals surface area contributed by atoms with E-state index in [1.807, 2.05) is 35.1 Å². The van der Waals surface area contributed by atoms with Gasteiger partial charge in [0, 0.05) is 33.2 Å². The van der Waals surface area contributed by atoms with Gasteiger partial charge in [-0.2, -0.15) is 16.9 Å². The van der Waals surface area contributed by atoms with Crippen LogP contribution >= 0.6 is 63.0 Å². The van der Waals surface area contributed by atoms with E-state index in [1.165, 1.54) is 16.7 Å². The molecule has 3 unspecified atom stereocenters. The minimum absolute atomic E-state index is 0.0877. The van der Waals surface area contributed by atoms with E-state index in [1.54, 1.807) is 42.4 Å². The molecule has 3 aliphatic heterocycles. The Labute approximate surface area is 272 Å². The molecule has 3 heterocycles. The topological polar surface area (TPSA) is 73.6 Å². The second-order valence-electron chi connectivity index (χ2n) is 9.79. The van der Waals surface area contributed by atoms with Crippen molar-refractivity contribution in [1.82, 2.24) is 16.0 Å². The third kappa shape index (κ3) is 7.82. The van der Waals surface area contributed by atoms with Crippen molar-refractivity contribution in [2.45, 2.75) is 23.9 Å². The Balaban J connectivity index is 1.15. The summed E-state index contributed by atoms with van der Waals surface area (Å²) in [5.74, 6) is 5.55. The average molecular weight is 700 g/mol. The van der Waals surface area contributed by atoms with E-state index in [0.29, 0.717) is 0 Å². The zero-order valence-electron chi connectivity index (χ0n) is 23.0. The molecule has 0 amide bonds. The van der Waals surface area contributed by atoms with Crippen molar-refractivity contribution in [2.75, 3.05) is 30.1 Å². The van der Waals surface area contributed by atoms with E-state index in [9.17, 15) is 0 Å². The van der Waals surface area contributed by atoms with Crippen LogP contribution in [0.3, 0.4) is 0 Å². The van der Waals surface area contributed by atoms with E-state index in [2.05, 4.69) is 87.4 Å². The number of halogens is 1. The van der Waals surface area contributed by atoms with Crippen molar-refractivity contribution < 1.29 is 4.74 Å². The second kappa shape index (κ2) is 14.5. The van der Waals surface area contributed by atoms with Crippen molar-refractivity contribution in [2.24, 2.45) is 15.0 Å². The number of aliphatic imine (C=N–C) groups is 3. The first-order chi connectivity index (χ1) is 20.6. The molecule has 3 atom stereocenters. The zero-order valence-corrected chi connectivity index (χ0v) is 27.8. The van der Waals surface area contributed by atoms with Gasteiger partial charge < -0.3 is 4.74 Å². The van der Waals surface area contributed by atoms with Gasteiger partial charge in [0.1, 0.15) is 5.75 Å². The lowest BCUT2D eigenvalue weighted by Crippen LogP contribution is -2.53. The van der Waals surface area contributed by atoms with Gasteiger partial charge in [-0.05, 0) is 41.0 Å². The van der Waals surface area contributed by atoms with E-state index < -0.39 is 0 Å². The van der Waals surface area contributed by atoms with Crippen LogP contribution < -0.4 is 15.6 Å². The molecule has 0 spiro atoms. The van der Waals surface area contributed by atoms with Crippen LogP contribution in [0.4, 0.5) is 0 Å². The number of amidine groups is 3. The lowest BCUT2D eigenvalue weighted by molar-refractivity contribution is 0.345. The Morgan fingerprint density at radius 3 is 2.24 bits per heavy atom. The Morgan fingerprint density at radius 2 is 1.55 bits per heavy atom. The molecular formula is C30H31BrN6OS4. The van der Waals surface area contributed by atoms with Gasteiger partial charge in [0.2, 0.25) is 0 Å². The fourth-order valence-corrected chi connectivity index (χ4v) is 9.00. The third-order valence-corrected chi connectivity index (χ3v) is 11.4. The summed E-state index contributed by atoms with van der Waals surface area (Å²) in [6.07, 6.45) is 0. The molecule has 0 aromatic heterocycles. The molecule has 3 aromatic rings. The molecule has 3 aromatic carbocycles. The minimum Gasteiger partial charge on any atom is -0.497 e. The highest BCUT2D eigenvalue weighted by Gasteiger charge is 2.29. The lowest BCUT2D eigenvalue weighted by atomic mass is 10.1. The highest BCUT2D eigenvalue weighted by Crippen LogP contribution is 2.33. The predicted octanol–water partition coefficient (Wildman–Crippen LogP) is 7.16. The third-order valence-electron chi connectivity index (χ3n) is 6.76. The number of rotatable bonds is 7. The molecule has 2 N–H and O–H groups in total. The Hall–Kier alpha value is -2.25. The molecule has 0 bridgehead atoms. The summed E-state index contributed by atoms with van der Waals surface area (Å²) in [5, 5.41) is 4.56. The minimum atomic E-state index is 0.0877. The van der Waals surface area contributed by atoms with Gasteiger partial charge in [-0.1, -0.05) is 106 Å². The van der Waals surface area contributed by atoms with E-state index >= 15 is 0 Å². The molecular weight excluding hydrogens is 669 g/mol. The first kappa shape index (κ1) is 29.8. The van der Waals surface area contributed by atoms with Crippen LogP contribution in [0, 0.1) is 0 Å². The van der Waals surface area contributed by atoms with Crippen LogP contribution in [0.1, 0.15) is 28.8 Å². The average Bonchev–Trinajstić information content (AvgIpc) is 3.79. The fraction of sp³-hybridized carbons (Fsp3) is 0.300. The maximum absolute atomic E-state index is 5.32. The van der Waals surface area contributed by atoms with Crippen LogP contribution in [0.15, 0.2) is 98.3 Å². The van der Waals surface area contributed by atoms with E-state index in [-0.39, 0.29) is 18.1 Å². The number of hydrogen-bond donors (Lipinski definition) is 2. The highest BCUT2D eigenvalue weighted by atomic mass is 79.9. The van der Waals surface area contributed by atoms with Crippen molar-refractivity contribution in [3.63, 3.8) is 0 Å². The molecule has 218 valence electrons. The lowest BCUT2D eigenvalue weighted by Gasteiger charge is -2.25. The largest absolute Gasteiger partial charge is 0.497 e. The molecule has 6 rings (SSSR count). The van der Waals surface area contributed by atoms with Crippen LogP contribution in [-0.2, 0) is 5.75 Å². The smallest absolute Gasteiger partial charge is 0.200 e. The Kier molecular flexibility index (Phi) is 10.3. The van der Waals surface area contributed by atoms with Gasteiger partial charge in [-0.3, -0.25) is 25.8 Å². The molecule has 0 saturated carbocycles. The molecule has 0 radical (unpaired) electrons. The first-order valence-corrected chi connectivity index (χ1v) is 18.5. The van der Waals surface area contributed by atoms with Gasteiger partial charge in [0.15, 0.2) is 15.5 Å². The van der Waals surface area contributed by atoms with Crippen LogP contribution in [0.5, 0.6) is 5.75 Å². The van der Waals surface area contributed by atoms with Crippen molar-refractivity contribution in [3.8, 4) is 5.75 Å². The summed E-state index contributed by atoms with van der Waals surface area (Å²) in [4.78, 5) is 15.1. The summed E-state index contributed by atoms with van der Waals surface area (Å²) in [6, 6.07) is 27.6. The summed E-state index contributed by atoms with van der Waals surface area (Å²) < 4.78 is 6.39. The van der Waals surface area contributed by atoms with Crippen LogP contribution in [0.2, 0.25) is 0 Å². The van der Waals surface area contributed by atoms with Gasteiger partial charge in [0.25, 0.3) is 0 Å². The van der Waals surface area contributed by atoms with Gasteiger partial charge in [-0.15, -0.1) is 0 Å². The molecule has 0 fully saturated rings. The summed E-state index contributed by atoms with van der Waals surface area (Å²) in [5.41, 5.74) is 10.8. The van der Waals surface area contributed by atoms with E-state index in [4.69, 9.17) is 19.7 Å². The number of benzene rings is 3. The summed E-state index contributed by atoms with van der Waals surface area (Å²) in [6.45, 7) is 0. The number of ether oxygens (including phenoxy) is 1. The van der Waals surface area contributed by atoms with Crippen molar-refractivity contribution in [1.29, 1.82) is 0 Å². The molecule has 7 nitrogen and oxygen atoms in total. The van der Waals surface area contributed by atoms with Crippen molar-refractivity contribution >= 4 is 78.5 Å². The number of hydrogen-bond acceptors (Lipinski definition) is 11. The van der Waals surface area contributed by atoms with Crippen LogP contribution in [0.25, 0.3) is 0 Å². The number of nitrogens with one attached hydrogen (secondary N) is 2. The summed E-state index contributed by atoms with van der Waals surface area (Å²) >= 11 is 10.7. The van der Waals surface area contributed by atoms with Gasteiger partial charge >= 0.3 is 0 Å². The first-order valence-electron chi connectivity index (χ1n) is 13.6. The Morgan fingerprint density at radius 1 is 0.833 bits per heavy atom. The maximum atomic E-state index is 5.32.